The van der Waals surface area contributed by atoms with E-state index in [0.717, 1.165) is 18.5 Å². The van der Waals surface area contributed by atoms with Crippen molar-refractivity contribution in [2.45, 2.75) is 19.9 Å². The molecule has 0 unspecified atom stereocenters. The fraction of sp³-hybridized carbons (Fsp3) is 0.267. The van der Waals surface area contributed by atoms with Crippen LogP contribution in [0.15, 0.2) is 49.1 Å². The minimum atomic E-state index is 0.0202. The maximum absolute atomic E-state index is 12.4. The Morgan fingerprint density at radius 1 is 1.16 bits per heavy atom. The predicted molar refractivity (Wildman–Crippen MR) is 73.5 cm³/mol. The first-order valence-corrected chi connectivity index (χ1v) is 6.39. The highest BCUT2D eigenvalue weighted by atomic mass is 16.2. The minimum Gasteiger partial charge on any atom is -0.334 e. The quantitative estimate of drug-likeness (QED) is 0.824. The Bertz CT molecular complexity index is 513. The Labute approximate surface area is 113 Å². The predicted octanol–water partition coefficient (Wildman–Crippen LogP) is 2.53. The van der Waals surface area contributed by atoms with Crippen molar-refractivity contribution in [3.05, 3.63) is 60.2 Å². The molecule has 0 atom stereocenters. The zero-order valence-electron chi connectivity index (χ0n) is 11.0. The summed E-state index contributed by atoms with van der Waals surface area (Å²) in [6, 6.07) is 7.44. The van der Waals surface area contributed by atoms with Crippen molar-refractivity contribution < 1.29 is 4.79 Å². The summed E-state index contributed by atoms with van der Waals surface area (Å²) in [6.07, 6.45) is 7.69. The van der Waals surface area contributed by atoms with Crippen molar-refractivity contribution in [1.29, 1.82) is 0 Å². The lowest BCUT2D eigenvalue weighted by atomic mass is 10.2. The van der Waals surface area contributed by atoms with E-state index in [-0.39, 0.29) is 5.91 Å². The van der Waals surface area contributed by atoms with Crippen molar-refractivity contribution in [1.82, 2.24) is 14.9 Å². The highest BCUT2D eigenvalue weighted by Gasteiger charge is 2.15. The minimum absolute atomic E-state index is 0.0202. The molecule has 0 saturated heterocycles. The largest absolute Gasteiger partial charge is 0.334 e. The molecule has 19 heavy (non-hydrogen) atoms. The zero-order chi connectivity index (χ0) is 13.5. The normalized spacial score (nSPS) is 10.2. The Hall–Kier alpha value is -2.23. The fourth-order valence-corrected chi connectivity index (χ4v) is 1.90. The molecule has 4 nitrogen and oxygen atoms in total. The van der Waals surface area contributed by atoms with E-state index in [1.165, 1.54) is 0 Å². The maximum Gasteiger partial charge on any atom is 0.255 e. The third kappa shape index (κ3) is 3.61. The van der Waals surface area contributed by atoms with Gasteiger partial charge in [0.1, 0.15) is 0 Å². The molecule has 2 rings (SSSR count). The second-order valence-electron chi connectivity index (χ2n) is 4.32. The second-order valence-corrected chi connectivity index (χ2v) is 4.32. The summed E-state index contributed by atoms with van der Waals surface area (Å²) in [5.41, 5.74) is 1.71. The van der Waals surface area contributed by atoms with Crippen LogP contribution in [0.2, 0.25) is 0 Å². The molecule has 0 aliphatic rings. The standard InChI is InChI=1S/C15H17N3O/c1-2-10-18(12-13-5-8-16-9-6-13)15(19)14-4-3-7-17-11-14/h3-9,11H,2,10,12H2,1H3. The van der Waals surface area contributed by atoms with Gasteiger partial charge in [-0.15, -0.1) is 0 Å². The zero-order valence-corrected chi connectivity index (χ0v) is 11.0. The first kappa shape index (κ1) is 13.2. The van der Waals surface area contributed by atoms with Crippen LogP contribution in [0, 0.1) is 0 Å². The van der Waals surface area contributed by atoms with Crippen LogP contribution in [-0.4, -0.2) is 27.3 Å². The van der Waals surface area contributed by atoms with Gasteiger partial charge >= 0.3 is 0 Å². The summed E-state index contributed by atoms with van der Waals surface area (Å²) in [6.45, 7) is 3.40. The van der Waals surface area contributed by atoms with E-state index >= 15 is 0 Å². The van der Waals surface area contributed by atoms with E-state index in [1.54, 1.807) is 36.9 Å². The van der Waals surface area contributed by atoms with Gasteiger partial charge in [0.05, 0.1) is 5.56 Å². The van der Waals surface area contributed by atoms with E-state index in [4.69, 9.17) is 0 Å². The Balaban J connectivity index is 2.14. The highest BCUT2D eigenvalue weighted by molar-refractivity contribution is 5.93. The summed E-state index contributed by atoms with van der Waals surface area (Å²) in [7, 11) is 0. The molecule has 2 aromatic heterocycles. The van der Waals surface area contributed by atoms with Crippen molar-refractivity contribution in [3.63, 3.8) is 0 Å². The van der Waals surface area contributed by atoms with Gasteiger partial charge in [-0.3, -0.25) is 14.8 Å². The summed E-state index contributed by atoms with van der Waals surface area (Å²) in [5.74, 6) is 0.0202. The van der Waals surface area contributed by atoms with Gasteiger partial charge in [0, 0.05) is 37.9 Å². The van der Waals surface area contributed by atoms with Gasteiger partial charge in [-0.25, -0.2) is 0 Å². The first-order chi connectivity index (χ1) is 9.31. The van der Waals surface area contributed by atoms with Gasteiger partial charge in [0.25, 0.3) is 5.91 Å². The van der Waals surface area contributed by atoms with Crippen molar-refractivity contribution in [2.75, 3.05) is 6.54 Å². The van der Waals surface area contributed by atoms with E-state index < -0.39 is 0 Å². The molecular formula is C15H17N3O. The summed E-state index contributed by atoms with van der Waals surface area (Å²) in [4.78, 5) is 22.2. The molecule has 0 spiro atoms. The molecule has 0 radical (unpaired) electrons. The lowest BCUT2D eigenvalue weighted by Crippen LogP contribution is -2.31. The number of pyridine rings is 2. The van der Waals surface area contributed by atoms with Gasteiger partial charge in [0.15, 0.2) is 0 Å². The monoisotopic (exact) mass is 255 g/mol. The van der Waals surface area contributed by atoms with Crippen LogP contribution in [-0.2, 0) is 6.54 Å². The second kappa shape index (κ2) is 6.64. The molecular weight excluding hydrogens is 238 g/mol. The van der Waals surface area contributed by atoms with Gasteiger partial charge in [-0.05, 0) is 36.2 Å². The van der Waals surface area contributed by atoms with Crippen molar-refractivity contribution in [3.8, 4) is 0 Å². The molecule has 2 heterocycles. The molecule has 2 aromatic rings. The van der Waals surface area contributed by atoms with Gasteiger partial charge in [0.2, 0.25) is 0 Å². The van der Waals surface area contributed by atoms with Gasteiger partial charge in [-0.2, -0.15) is 0 Å². The molecule has 0 fully saturated rings. The molecule has 0 aromatic carbocycles. The lowest BCUT2D eigenvalue weighted by Gasteiger charge is -2.22. The molecule has 0 aliphatic carbocycles. The van der Waals surface area contributed by atoms with Crippen LogP contribution >= 0.6 is 0 Å². The van der Waals surface area contributed by atoms with Crippen LogP contribution in [0.4, 0.5) is 0 Å². The third-order valence-corrected chi connectivity index (χ3v) is 2.81. The van der Waals surface area contributed by atoms with Crippen molar-refractivity contribution in [2.24, 2.45) is 0 Å². The van der Waals surface area contributed by atoms with Crippen LogP contribution in [0.25, 0.3) is 0 Å². The molecule has 0 aliphatic heterocycles. The molecule has 4 heteroatoms. The van der Waals surface area contributed by atoms with Crippen LogP contribution in [0.3, 0.4) is 0 Å². The number of carbonyl (C=O) groups excluding carboxylic acids is 1. The van der Waals surface area contributed by atoms with Gasteiger partial charge < -0.3 is 4.90 Å². The van der Waals surface area contributed by atoms with Crippen LogP contribution in [0.1, 0.15) is 29.3 Å². The highest BCUT2D eigenvalue weighted by Crippen LogP contribution is 2.09. The van der Waals surface area contributed by atoms with Crippen molar-refractivity contribution >= 4 is 5.91 Å². The molecule has 0 bridgehead atoms. The number of rotatable bonds is 5. The number of aromatic nitrogens is 2. The third-order valence-electron chi connectivity index (χ3n) is 2.81. The Kier molecular flexibility index (Phi) is 4.61. The Morgan fingerprint density at radius 3 is 2.58 bits per heavy atom. The first-order valence-electron chi connectivity index (χ1n) is 6.39. The van der Waals surface area contributed by atoms with E-state index in [1.807, 2.05) is 17.0 Å². The smallest absolute Gasteiger partial charge is 0.255 e. The SMILES string of the molecule is CCCN(Cc1ccncc1)C(=O)c1cccnc1. The molecule has 98 valence electrons. The molecule has 0 N–H and O–H groups in total. The van der Waals surface area contributed by atoms with Crippen LogP contribution < -0.4 is 0 Å². The van der Waals surface area contributed by atoms with Crippen LogP contribution in [0.5, 0.6) is 0 Å². The number of hydrogen-bond donors (Lipinski definition) is 0. The maximum atomic E-state index is 12.4. The number of hydrogen-bond acceptors (Lipinski definition) is 3. The van der Waals surface area contributed by atoms with E-state index in [9.17, 15) is 4.79 Å². The van der Waals surface area contributed by atoms with E-state index in [2.05, 4.69) is 16.9 Å². The fourth-order valence-electron chi connectivity index (χ4n) is 1.90. The summed E-state index contributed by atoms with van der Waals surface area (Å²) in [5, 5.41) is 0. The lowest BCUT2D eigenvalue weighted by molar-refractivity contribution is 0.0742. The topological polar surface area (TPSA) is 46.1 Å². The molecule has 1 amide bonds. The average Bonchev–Trinajstić information content (AvgIpc) is 2.48. The number of carbonyl (C=O) groups is 1. The number of nitrogens with zero attached hydrogens (tertiary/aromatic N) is 3. The molecule has 0 saturated carbocycles. The number of amides is 1. The summed E-state index contributed by atoms with van der Waals surface area (Å²) < 4.78 is 0. The average molecular weight is 255 g/mol. The summed E-state index contributed by atoms with van der Waals surface area (Å²) >= 11 is 0. The Morgan fingerprint density at radius 2 is 1.95 bits per heavy atom. The van der Waals surface area contributed by atoms with E-state index in [0.29, 0.717) is 12.1 Å². The van der Waals surface area contributed by atoms with Gasteiger partial charge in [-0.1, -0.05) is 6.92 Å².